The molecule has 1 saturated heterocycles. The molecule has 3 rings (SSSR count). The molecule has 0 spiro atoms. The van der Waals surface area contributed by atoms with E-state index in [0.29, 0.717) is 0 Å². The zero-order valence-corrected chi connectivity index (χ0v) is 12.4. The molecule has 0 bridgehead atoms. The topological polar surface area (TPSA) is 29.9 Å². The van der Waals surface area contributed by atoms with Crippen LogP contribution in [0.15, 0.2) is 41.3 Å². The van der Waals surface area contributed by atoms with Crippen molar-refractivity contribution in [3.8, 4) is 11.3 Å². The van der Waals surface area contributed by atoms with Crippen molar-refractivity contribution in [1.82, 2.24) is 14.9 Å². The van der Waals surface area contributed by atoms with Crippen molar-refractivity contribution in [2.45, 2.75) is 19.4 Å². The summed E-state index contributed by atoms with van der Waals surface area (Å²) >= 11 is 3.53. The molecule has 3 nitrogen and oxygen atoms in total. The lowest BCUT2D eigenvalue weighted by atomic mass is 9.98. The van der Waals surface area contributed by atoms with Gasteiger partial charge in [-0.1, -0.05) is 28.1 Å². The molecule has 1 aliphatic rings. The minimum Gasteiger partial charge on any atom is -0.330 e. The van der Waals surface area contributed by atoms with Crippen LogP contribution < -0.4 is 5.32 Å². The number of imidazole rings is 1. The standard InChI is InChI=1S/C15H18BrN3/c16-14-3-1-2-13(8-14)15-9-18-11-19(15)10-12-4-6-17-7-5-12/h1-3,8-9,11-12,17H,4-7,10H2. The Balaban J connectivity index is 1.81. The second kappa shape index (κ2) is 5.88. The van der Waals surface area contributed by atoms with Crippen LogP contribution in [0.5, 0.6) is 0 Å². The summed E-state index contributed by atoms with van der Waals surface area (Å²) in [4.78, 5) is 4.33. The molecule has 1 N–H and O–H groups in total. The van der Waals surface area contributed by atoms with Crippen LogP contribution in [0.25, 0.3) is 11.3 Å². The van der Waals surface area contributed by atoms with E-state index in [2.05, 4.69) is 55.1 Å². The van der Waals surface area contributed by atoms with Crippen molar-refractivity contribution in [2.24, 2.45) is 5.92 Å². The van der Waals surface area contributed by atoms with Gasteiger partial charge in [-0.05, 0) is 44.0 Å². The molecule has 0 unspecified atom stereocenters. The third-order valence-corrected chi connectivity index (χ3v) is 4.24. The van der Waals surface area contributed by atoms with E-state index in [9.17, 15) is 0 Å². The maximum atomic E-state index is 4.33. The van der Waals surface area contributed by atoms with Crippen LogP contribution in [0, 0.1) is 5.92 Å². The monoisotopic (exact) mass is 319 g/mol. The summed E-state index contributed by atoms with van der Waals surface area (Å²) < 4.78 is 3.40. The Morgan fingerprint density at radius 1 is 1.32 bits per heavy atom. The summed E-state index contributed by atoms with van der Waals surface area (Å²) in [5.74, 6) is 0.765. The molecule has 0 radical (unpaired) electrons. The van der Waals surface area contributed by atoms with Crippen LogP contribution in [-0.4, -0.2) is 22.6 Å². The molecule has 0 amide bonds. The van der Waals surface area contributed by atoms with Crippen molar-refractivity contribution >= 4 is 15.9 Å². The van der Waals surface area contributed by atoms with Crippen molar-refractivity contribution in [3.63, 3.8) is 0 Å². The minimum absolute atomic E-state index is 0.765. The van der Waals surface area contributed by atoms with Crippen molar-refractivity contribution in [2.75, 3.05) is 13.1 Å². The van der Waals surface area contributed by atoms with E-state index in [1.54, 1.807) is 0 Å². The van der Waals surface area contributed by atoms with Crippen LogP contribution in [0.1, 0.15) is 12.8 Å². The van der Waals surface area contributed by atoms with Gasteiger partial charge in [0.05, 0.1) is 18.2 Å². The van der Waals surface area contributed by atoms with E-state index in [0.717, 1.165) is 30.0 Å². The van der Waals surface area contributed by atoms with Crippen LogP contribution in [-0.2, 0) is 6.54 Å². The normalized spacial score (nSPS) is 16.7. The fourth-order valence-corrected chi connectivity index (χ4v) is 3.10. The molecule has 2 heterocycles. The molecule has 100 valence electrons. The smallest absolute Gasteiger partial charge is 0.0951 e. The Hall–Kier alpha value is -1.13. The number of nitrogens with one attached hydrogen (secondary N) is 1. The van der Waals surface area contributed by atoms with Gasteiger partial charge in [0.1, 0.15) is 0 Å². The molecule has 19 heavy (non-hydrogen) atoms. The molecule has 1 aromatic heterocycles. The zero-order valence-electron chi connectivity index (χ0n) is 10.8. The van der Waals surface area contributed by atoms with Gasteiger partial charge >= 0.3 is 0 Å². The largest absolute Gasteiger partial charge is 0.330 e. The predicted molar refractivity (Wildman–Crippen MR) is 81.0 cm³/mol. The van der Waals surface area contributed by atoms with Gasteiger partial charge in [-0.25, -0.2) is 4.98 Å². The number of halogens is 1. The molecule has 1 aromatic carbocycles. The lowest BCUT2D eigenvalue weighted by Crippen LogP contribution is -2.29. The SMILES string of the molecule is Brc1cccc(-c2cncn2CC2CCNCC2)c1. The number of rotatable bonds is 3. The van der Waals surface area contributed by atoms with Gasteiger partial charge in [0.2, 0.25) is 0 Å². The highest BCUT2D eigenvalue weighted by Gasteiger charge is 2.15. The third-order valence-electron chi connectivity index (χ3n) is 3.75. The second-order valence-corrected chi connectivity index (χ2v) is 6.05. The van der Waals surface area contributed by atoms with Gasteiger partial charge in [0, 0.05) is 16.6 Å². The van der Waals surface area contributed by atoms with Crippen LogP contribution >= 0.6 is 15.9 Å². The average Bonchev–Trinajstić information content (AvgIpc) is 2.88. The highest BCUT2D eigenvalue weighted by atomic mass is 79.9. The number of hydrogen-bond donors (Lipinski definition) is 1. The van der Waals surface area contributed by atoms with Crippen molar-refractivity contribution < 1.29 is 0 Å². The Kier molecular flexibility index (Phi) is 3.99. The van der Waals surface area contributed by atoms with Crippen LogP contribution in [0.4, 0.5) is 0 Å². The van der Waals surface area contributed by atoms with Gasteiger partial charge in [0.25, 0.3) is 0 Å². The third kappa shape index (κ3) is 3.07. The second-order valence-electron chi connectivity index (χ2n) is 5.13. The van der Waals surface area contributed by atoms with E-state index in [1.165, 1.54) is 24.1 Å². The first-order valence-electron chi connectivity index (χ1n) is 6.80. The molecule has 0 aliphatic carbocycles. The summed E-state index contributed by atoms with van der Waals surface area (Å²) in [5, 5.41) is 3.42. The first kappa shape index (κ1) is 12.9. The van der Waals surface area contributed by atoms with Gasteiger partial charge in [-0.15, -0.1) is 0 Å². The average molecular weight is 320 g/mol. The molecular formula is C15H18BrN3. The first-order valence-corrected chi connectivity index (χ1v) is 7.59. The Morgan fingerprint density at radius 2 is 2.16 bits per heavy atom. The highest BCUT2D eigenvalue weighted by Crippen LogP contribution is 2.24. The van der Waals surface area contributed by atoms with E-state index in [4.69, 9.17) is 0 Å². The van der Waals surface area contributed by atoms with Gasteiger partial charge in [0.15, 0.2) is 0 Å². The maximum Gasteiger partial charge on any atom is 0.0951 e. The van der Waals surface area contributed by atoms with E-state index in [-0.39, 0.29) is 0 Å². The fourth-order valence-electron chi connectivity index (χ4n) is 2.70. The van der Waals surface area contributed by atoms with Crippen LogP contribution in [0.3, 0.4) is 0 Å². The highest BCUT2D eigenvalue weighted by molar-refractivity contribution is 9.10. The summed E-state index contributed by atoms with van der Waals surface area (Å²) in [5.41, 5.74) is 2.43. The Bertz CT molecular complexity index is 544. The first-order chi connectivity index (χ1) is 9.33. The lowest BCUT2D eigenvalue weighted by molar-refractivity contribution is 0.334. The molecule has 4 heteroatoms. The number of benzene rings is 1. The molecule has 0 saturated carbocycles. The minimum atomic E-state index is 0.765. The molecule has 1 fully saturated rings. The molecular weight excluding hydrogens is 302 g/mol. The van der Waals surface area contributed by atoms with E-state index >= 15 is 0 Å². The van der Waals surface area contributed by atoms with Crippen molar-refractivity contribution in [3.05, 3.63) is 41.3 Å². The van der Waals surface area contributed by atoms with E-state index in [1.807, 2.05) is 12.5 Å². The predicted octanol–water partition coefficient (Wildman–Crippen LogP) is 3.31. The van der Waals surface area contributed by atoms with Crippen molar-refractivity contribution in [1.29, 1.82) is 0 Å². The van der Waals surface area contributed by atoms with Crippen LogP contribution in [0.2, 0.25) is 0 Å². The summed E-state index contributed by atoms with van der Waals surface area (Å²) in [6, 6.07) is 8.41. The molecule has 1 aliphatic heterocycles. The quantitative estimate of drug-likeness (QED) is 0.940. The summed E-state index contributed by atoms with van der Waals surface area (Å²) in [6.45, 7) is 3.36. The lowest BCUT2D eigenvalue weighted by Gasteiger charge is -2.23. The Morgan fingerprint density at radius 3 is 2.95 bits per heavy atom. The van der Waals surface area contributed by atoms with Gasteiger partial charge < -0.3 is 9.88 Å². The van der Waals surface area contributed by atoms with E-state index < -0.39 is 0 Å². The number of piperidine rings is 1. The van der Waals surface area contributed by atoms with Gasteiger partial charge in [-0.3, -0.25) is 0 Å². The molecule has 2 aromatic rings. The number of aromatic nitrogens is 2. The fraction of sp³-hybridized carbons (Fsp3) is 0.400. The summed E-state index contributed by atoms with van der Waals surface area (Å²) in [7, 11) is 0. The Labute approximate surface area is 122 Å². The number of nitrogens with zero attached hydrogens (tertiary/aromatic N) is 2. The number of hydrogen-bond acceptors (Lipinski definition) is 2. The maximum absolute atomic E-state index is 4.33. The summed E-state index contributed by atoms with van der Waals surface area (Å²) in [6.07, 6.45) is 6.44. The molecule has 0 atom stereocenters. The zero-order chi connectivity index (χ0) is 13.1. The van der Waals surface area contributed by atoms with Gasteiger partial charge in [-0.2, -0.15) is 0 Å².